The zero-order valence-electron chi connectivity index (χ0n) is 10.4. The fourth-order valence-corrected chi connectivity index (χ4v) is 1.60. The molecular formula is C12H23N3. The SMILES string of the molecule is CCn1nccc1CNC(C)(CC)CC. The molecule has 3 nitrogen and oxygen atoms in total. The van der Waals surface area contributed by atoms with E-state index in [0.717, 1.165) is 25.9 Å². The van der Waals surface area contributed by atoms with Crippen molar-refractivity contribution < 1.29 is 0 Å². The predicted octanol–water partition coefficient (Wildman–Crippen LogP) is 2.57. The van der Waals surface area contributed by atoms with Gasteiger partial charge in [0.05, 0.1) is 5.69 Å². The first-order chi connectivity index (χ1) is 7.15. The van der Waals surface area contributed by atoms with Crippen molar-refractivity contribution in [3.63, 3.8) is 0 Å². The fraction of sp³-hybridized carbons (Fsp3) is 0.750. The van der Waals surface area contributed by atoms with E-state index in [1.807, 2.05) is 10.9 Å². The average molecular weight is 209 g/mol. The van der Waals surface area contributed by atoms with Crippen molar-refractivity contribution in [2.24, 2.45) is 0 Å². The molecule has 0 amide bonds. The van der Waals surface area contributed by atoms with Crippen LogP contribution in [0.1, 0.15) is 46.2 Å². The Morgan fingerprint density at radius 1 is 1.33 bits per heavy atom. The maximum absolute atomic E-state index is 4.26. The molecule has 1 aromatic rings. The van der Waals surface area contributed by atoms with Crippen LogP contribution in [-0.2, 0) is 13.1 Å². The molecule has 1 heterocycles. The highest BCUT2D eigenvalue weighted by Crippen LogP contribution is 2.14. The van der Waals surface area contributed by atoms with Gasteiger partial charge in [-0.1, -0.05) is 13.8 Å². The zero-order chi connectivity index (χ0) is 11.3. The Morgan fingerprint density at radius 2 is 2.00 bits per heavy atom. The van der Waals surface area contributed by atoms with Gasteiger partial charge in [-0.25, -0.2) is 0 Å². The Bertz CT molecular complexity index is 287. The molecule has 86 valence electrons. The van der Waals surface area contributed by atoms with Gasteiger partial charge in [0.2, 0.25) is 0 Å². The number of nitrogens with zero attached hydrogens (tertiary/aromatic N) is 2. The van der Waals surface area contributed by atoms with E-state index in [0.29, 0.717) is 0 Å². The van der Waals surface area contributed by atoms with Crippen molar-refractivity contribution in [1.82, 2.24) is 15.1 Å². The van der Waals surface area contributed by atoms with Gasteiger partial charge in [0.15, 0.2) is 0 Å². The molecule has 1 N–H and O–H groups in total. The van der Waals surface area contributed by atoms with Gasteiger partial charge < -0.3 is 5.32 Å². The van der Waals surface area contributed by atoms with Crippen LogP contribution in [0.5, 0.6) is 0 Å². The van der Waals surface area contributed by atoms with Gasteiger partial charge in [0, 0.05) is 24.8 Å². The number of hydrogen-bond acceptors (Lipinski definition) is 2. The molecule has 1 aromatic heterocycles. The van der Waals surface area contributed by atoms with Gasteiger partial charge in [0.25, 0.3) is 0 Å². The van der Waals surface area contributed by atoms with E-state index in [-0.39, 0.29) is 5.54 Å². The van der Waals surface area contributed by atoms with Crippen LogP contribution in [0.4, 0.5) is 0 Å². The Balaban J connectivity index is 2.56. The van der Waals surface area contributed by atoms with Crippen LogP contribution < -0.4 is 5.32 Å². The molecule has 0 aliphatic rings. The predicted molar refractivity (Wildman–Crippen MR) is 63.7 cm³/mol. The molecular weight excluding hydrogens is 186 g/mol. The van der Waals surface area contributed by atoms with Crippen LogP contribution in [0.3, 0.4) is 0 Å². The van der Waals surface area contributed by atoms with Crippen molar-refractivity contribution in [3.8, 4) is 0 Å². The van der Waals surface area contributed by atoms with Crippen LogP contribution in [0.2, 0.25) is 0 Å². The van der Waals surface area contributed by atoms with Gasteiger partial charge in [0.1, 0.15) is 0 Å². The third-order valence-electron chi connectivity index (χ3n) is 3.36. The van der Waals surface area contributed by atoms with E-state index in [4.69, 9.17) is 0 Å². The van der Waals surface area contributed by atoms with E-state index in [2.05, 4.69) is 44.2 Å². The minimum atomic E-state index is 0.253. The quantitative estimate of drug-likeness (QED) is 0.780. The Labute approximate surface area is 92.9 Å². The largest absolute Gasteiger partial charge is 0.306 e. The molecule has 0 saturated heterocycles. The fourth-order valence-electron chi connectivity index (χ4n) is 1.60. The number of hydrogen-bond donors (Lipinski definition) is 1. The smallest absolute Gasteiger partial charge is 0.0522 e. The minimum absolute atomic E-state index is 0.253. The summed E-state index contributed by atoms with van der Waals surface area (Å²) in [5.74, 6) is 0. The van der Waals surface area contributed by atoms with E-state index in [1.165, 1.54) is 5.69 Å². The highest BCUT2D eigenvalue weighted by molar-refractivity contribution is 5.01. The Kier molecular flexibility index (Phi) is 4.33. The summed E-state index contributed by atoms with van der Waals surface area (Å²) in [6.45, 7) is 10.7. The first-order valence-electron chi connectivity index (χ1n) is 5.91. The van der Waals surface area contributed by atoms with Gasteiger partial charge in [-0.3, -0.25) is 4.68 Å². The molecule has 1 rings (SSSR count). The molecule has 0 radical (unpaired) electrons. The lowest BCUT2D eigenvalue weighted by Crippen LogP contribution is -2.40. The maximum atomic E-state index is 4.26. The van der Waals surface area contributed by atoms with Crippen LogP contribution >= 0.6 is 0 Å². The molecule has 0 aliphatic carbocycles. The molecule has 0 saturated carbocycles. The van der Waals surface area contributed by atoms with Crippen LogP contribution in [-0.4, -0.2) is 15.3 Å². The summed E-state index contributed by atoms with van der Waals surface area (Å²) in [5, 5.41) is 7.88. The summed E-state index contributed by atoms with van der Waals surface area (Å²) in [4.78, 5) is 0. The second-order valence-electron chi connectivity index (χ2n) is 4.26. The minimum Gasteiger partial charge on any atom is -0.306 e. The summed E-state index contributed by atoms with van der Waals surface area (Å²) >= 11 is 0. The van der Waals surface area contributed by atoms with Crippen molar-refractivity contribution in [2.75, 3.05) is 0 Å². The standard InChI is InChI=1S/C12H23N3/c1-5-12(4,6-2)13-10-11-8-9-14-15(11)7-3/h8-9,13H,5-7,10H2,1-4H3. The van der Waals surface area contributed by atoms with E-state index >= 15 is 0 Å². The lowest BCUT2D eigenvalue weighted by Gasteiger charge is -2.28. The second-order valence-corrected chi connectivity index (χ2v) is 4.26. The Morgan fingerprint density at radius 3 is 2.53 bits per heavy atom. The summed E-state index contributed by atoms with van der Waals surface area (Å²) in [7, 11) is 0. The van der Waals surface area contributed by atoms with Crippen molar-refractivity contribution >= 4 is 0 Å². The van der Waals surface area contributed by atoms with E-state index in [1.54, 1.807) is 0 Å². The normalized spacial score (nSPS) is 12.0. The van der Waals surface area contributed by atoms with E-state index in [9.17, 15) is 0 Å². The highest BCUT2D eigenvalue weighted by Gasteiger charge is 2.18. The number of rotatable bonds is 6. The first kappa shape index (κ1) is 12.2. The number of nitrogens with one attached hydrogen (secondary N) is 1. The topological polar surface area (TPSA) is 29.9 Å². The van der Waals surface area contributed by atoms with Crippen LogP contribution in [0.15, 0.2) is 12.3 Å². The van der Waals surface area contributed by atoms with Gasteiger partial charge in [-0.15, -0.1) is 0 Å². The third kappa shape index (κ3) is 3.06. The number of aryl methyl sites for hydroxylation is 1. The summed E-state index contributed by atoms with van der Waals surface area (Å²) in [6, 6.07) is 2.09. The zero-order valence-corrected chi connectivity index (χ0v) is 10.4. The van der Waals surface area contributed by atoms with Gasteiger partial charge >= 0.3 is 0 Å². The average Bonchev–Trinajstić information content (AvgIpc) is 2.73. The van der Waals surface area contributed by atoms with Crippen LogP contribution in [0, 0.1) is 0 Å². The lowest BCUT2D eigenvalue weighted by atomic mass is 9.95. The van der Waals surface area contributed by atoms with E-state index < -0.39 is 0 Å². The maximum Gasteiger partial charge on any atom is 0.0522 e. The van der Waals surface area contributed by atoms with Gasteiger partial charge in [-0.05, 0) is 32.8 Å². The highest BCUT2D eigenvalue weighted by atomic mass is 15.3. The third-order valence-corrected chi connectivity index (χ3v) is 3.36. The van der Waals surface area contributed by atoms with Crippen molar-refractivity contribution in [2.45, 2.75) is 59.2 Å². The molecule has 0 aliphatic heterocycles. The van der Waals surface area contributed by atoms with Crippen LogP contribution in [0.25, 0.3) is 0 Å². The molecule has 0 atom stereocenters. The van der Waals surface area contributed by atoms with Crippen molar-refractivity contribution in [1.29, 1.82) is 0 Å². The molecule has 0 bridgehead atoms. The molecule has 0 spiro atoms. The Hall–Kier alpha value is -0.830. The first-order valence-corrected chi connectivity index (χ1v) is 5.91. The summed E-state index contributed by atoms with van der Waals surface area (Å²) in [6.07, 6.45) is 4.18. The number of aromatic nitrogens is 2. The monoisotopic (exact) mass is 209 g/mol. The molecule has 0 fully saturated rings. The molecule has 0 aromatic carbocycles. The molecule has 3 heteroatoms. The molecule has 15 heavy (non-hydrogen) atoms. The van der Waals surface area contributed by atoms with Crippen molar-refractivity contribution in [3.05, 3.63) is 18.0 Å². The molecule has 0 unspecified atom stereocenters. The lowest BCUT2D eigenvalue weighted by molar-refractivity contribution is 0.324. The summed E-state index contributed by atoms with van der Waals surface area (Å²) < 4.78 is 2.04. The summed E-state index contributed by atoms with van der Waals surface area (Å²) in [5.41, 5.74) is 1.52. The van der Waals surface area contributed by atoms with Gasteiger partial charge in [-0.2, -0.15) is 5.10 Å². The second kappa shape index (κ2) is 5.31.